The Morgan fingerprint density at radius 2 is 1.71 bits per heavy atom. The van der Waals surface area contributed by atoms with Gasteiger partial charge < -0.3 is 4.98 Å². The van der Waals surface area contributed by atoms with Crippen LogP contribution in [0.25, 0.3) is 0 Å². The zero-order valence-corrected chi connectivity index (χ0v) is 13.0. The molecule has 0 bridgehead atoms. The standard InChI is InChI=1S/C15H27NSi/c1-15(2,3)16-17(4,5)14-11-10-12-8-6-7-9-13(12)14/h6-9,12-14,16H,10-11H2,1-5H3. The van der Waals surface area contributed by atoms with Gasteiger partial charge in [-0.3, -0.25) is 0 Å². The Balaban J connectivity index is 2.12. The summed E-state index contributed by atoms with van der Waals surface area (Å²) in [6.45, 7) is 11.9. The number of fused-ring (bicyclic) bond motifs is 1. The van der Waals surface area contributed by atoms with Crippen molar-refractivity contribution in [3.05, 3.63) is 24.3 Å². The lowest BCUT2D eigenvalue weighted by Crippen LogP contribution is -2.57. The Bertz CT molecular complexity index is 335. The quantitative estimate of drug-likeness (QED) is 0.727. The predicted octanol–water partition coefficient (Wildman–Crippen LogP) is 4.10. The molecule has 2 aliphatic carbocycles. The smallest absolute Gasteiger partial charge is 0.123 e. The molecule has 0 saturated heterocycles. The van der Waals surface area contributed by atoms with E-state index in [1.165, 1.54) is 12.8 Å². The van der Waals surface area contributed by atoms with E-state index in [1.807, 2.05) is 0 Å². The molecule has 0 aromatic heterocycles. The molecule has 0 radical (unpaired) electrons. The molecule has 0 aromatic rings. The van der Waals surface area contributed by atoms with E-state index in [2.05, 4.69) is 63.2 Å². The van der Waals surface area contributed by atoms with Crippen molar-refractivity contribution < 1.29 is 0 Å². The van der Waals surface area contributed by atoms with Crippen LogP contribution >= 0.6 is 0 Å². The molecular formula is C15H27NSi. The molecule has 0 spiro atoms. The maximum absolute atomic E-state index is 3.95. The number of hydrogen-bond donors (Lipinski definition) is 1. The Kier molecular flexibility index (Phi) is 3.39. The van der Waals surface area contributed by atoms with Crippen LogP contribution < -0.4 is 4.98 Å². The number of rotatable bonds is 2. The summed E-state index contributed by atoms with van der Waals surface area (Å²) in [5.41, 5.74) is 1.15. The van der Waals surface area contributed by atoms with E-state index in [4.69, 9.17) is 0 Å². The highest BCUT2D eigenvalue weighted by molar-refractivity contribution is 6.76. The van der Waals surface area contributed by atoms with Crippen molar-refractivity contribution in [1.29, 1.82) is 0 Å². The number of allylic oxidation sites excluding steroid dienone is 4. The fourth-order valence-corrected chi connectivity index (χ4v) is 8.18. The van der Waals surface area contributed by atoms with Crippen LogP contribution in [0, 0.1) is 11.8 Å². The average molecular weight is 249 g/mol. The van der Waals surface area contributed by atoms with Crippen LogP contribution in [-0.4, -0.2) is 13.8 Å². The summed E-state index contributed by atoms with van der Waals surface area (Å²) in [5.74, 6) is 1.62. The summed E-state index contributed by atoms with van der Waals surface area (Å²) in [6, 6.07) is 0. The van der Waals surface area contributed by atoms with Crippen LogP contribution in [0.2, 0.25) is 18.6 Å². The molecule has 2 heteroatoms. The van der Waals surface area contributed by atoms with Gasteiger partial charge >= 0.3 is 0 Å². The molecule has 0 aromatic carbocycles. The van der Waals surface area contributed by atoms with Crippen LogP contribution in [-0.2, 0) is 0 Å². The van der Waals surface area contributed by atoms with Gasteiger partial charge in [-0.05, 0) is 44.6 Å². The van der Waals surface area contributed by atoms with Gasteiger partial charge in [0.05, 0.1) is 0 Å². The molecule has 2 rings (SSSR count). The van der Waals surface area contributed by atoms with Crippen molar-refractivity contribution in [2.24, 2.45) is 11.8 Å². The third-order valence-electron chi connectivity index (χ3n) is 4.20. The fourth-order valence-electron chi connectivity index (χ4n) is 3.86. The Morgan fingerprint density at radius 3 is 2.35 bits per heavy atom. The van der Waals surface area contributed by atoms with Crippen molar-refractivity contribution in [2.75, 3.05) is 0 Å². The van der Waals surface area contributed by atoms with Gasteiger partial charge in [0.25, 0.3) is 0 Å². The highest BCUT2D eigenvalue weighted by atomic mass is 28.3. The average Bonchev–Trinajstić information content (AvgIpc) is 2.57. The SMILES string of the molecule is CC(C)(C)N[Si](C)(C)C1CCC2C=CC=CC21. The first-order valence-corrected chi connectivity index (χ1v) is 10.0. The van der Waals surface area contributed by atoms with Crippen molar-refractivity contribution in [2.45, 2.75) is 57.8 Å². The van der Waals surface area contributed by atoms with Gasteiger partial charge in [-0.2, -0.15) is 0 Å². The third kappa shape index (κ3) is 2.91. The maximum atomic E-state index is 3.95. The van der Waals surface area contributed by atoms with Gasteiger partial charge in [-0.25, -0.2) is 0 Å². The Morgan fingerprint density at radius 1 is 1.06 bits per heavy atom. The molecule has 1 saturated carbocycles. The highest BCUT2D eigenvalue weighted by Crippen LogP contribution is 2.48. The normalized spacial score (nSPS) is 32.9. The van der Waals surface area contributed by atoms with Gasteiger partial charge in [-0.15, -0.1) is 0 Å². The van der Waals surface area contributed by atoms with E-state index >= 15 is 0 Å². The van der Waals surface area contributed by atoms with Crippen LogP contribution in [0.15, 0.2) is 24.3 Å². The summed E-state index contributed by atoms with van der Waals surface area (Å²) in [6.07, 6.45) is 12.2. The molecule has 1 fully saturated rings. The first-order chi connectivity index (χ1) is 7.80. The minimum Gasteiger partial charge on any atom is -0.332 e. The second-order valence-corrected chi connectivity index (χ2v) is 11.7. The van der Waals surface area contributed by atoms with E-state index < -0.39 is 8.24 Å². The van der Waals surface area contributed by atoms with Crippen LogP contribution in [0.5, 0.6) is 0 Å². The van der Waals surface area contributed by atoms with Crippen molar-refractivity contribution in [1.82, 2.24) is 4.98 Å². The highest BCUT2D eigenvalue weighted by Gasteiger charge is 2.44. The molecular weight excluding hydrogens is 222 g/mol. The summed E-state index contributed by atoms with van der Waals surface area (Å²) >= 11 is 0. The summed E-state index contributed by atoms with van der Waals surface area (Å²) in [5, 5.41) is 0. The van der Waals surface area contributed by atoms with Crippen molar-refractivity contribution in [3.63, 3.8) is 0 Å². The molecule has 0 aliphatic heterocycles. The predicted molar refractivity (Wildman–Crippen MR) is 78.6 cm³/mol. The Labute approximate surface area is 107 Å². The molecule has 0 heterocycles. The van der Waals surface area contributed by atoms with Crippen LogP contribution in [0.1, 0.15) is 33.6 Å². The number of nitrogens with one attached hydrogen (secondary N) is 1. The van der Waals surface area contributed by atoms with E-state index in [0.29, 0.717) is 0 Å². The first-order valence-electron chi connectivity index (χ1n) is 6.94. The summed E-state index contributed by atoms with van der Waals surface area (Å²) < 4.78 is 0. The van der Waals surface area contributed by atoms with Crippen LogP contribution in [0.3, 0.4) is 0 Å². The van der Waals surface area contributed by atoms with E-state index in [0.717, 1.165) is 17.4 Å². The van der Waals surface area contributed by atoms with E-state index in [-0.39, 0.29) is 5.54 Å². The number of hydrogen-bond acceptors (Lipinski definition) is 1. The monoisotopic (exact) mass is 249 g/mol. The van der Waals surface area contributed by atoms with Gasteiger partial charge in [0.1, 0.15) is 8.24 Å². The molecule has 0 amide bonds. The van der Waals surface area contributed by atoms with Crippen LogP contribution in [0.4, 0.5) is 0 Å². The zero-order chi connectivity index (χ0) is 12.7. The lowest BCUT2D eigenvalue weighted by Gasteiger charge is -2.40. The lowest BCUT2D eigenvalue weighted by atomic mass is 9.92. The van der Waals surface area contributed by atoms with Gasteiger partial charge in [0.15, 0.2) is 0 Å². The molecule has 3 atom stereocenters. The largest absolute Gasteiger partial charge is 0.332 e. The molecule has 3 unspecified atom stereocenters. The molecule has 96 valence electrons. The van der Waals surface area contributed by atoms with Gasteiger partial charge in [0, 0.05) is 5.54 Å². The van der Waals surface area contributed by atoms with Gasteiger partial charge in [-0.1, -0.05) is 43.8 Å². The van der Waals surface area contributed by atoms with Gasteiger partial charge in [0.2, 0.25) is 0 Å². The van der Waals surface area contributed by atoms with Crippen molar-refractivity contribution >= 4 is 8.24 Å². The van der Waals surface area contributed by atoms with Crippen molar-refractivity contribution in [3.8, 4) is 0 Å². The molecule has 1 N–H and O–H groups in total. The zero-order valence-electron chi connectivity index (χ0n) is 12.0. The fraction of sp³-hybridized carbons (Fsp3) is 0.733. The Hall–Kier alpha value is -0.343. The van der Waals surface area contributed by atoms with E-state index in [9.17, 15) is 0 Å². The third-order valence-corrected chi connectivity index (χ3v) is 8.12. The minimum atomic E-state index is -1.35. The summed E-state index contributed by atoms with van der Waals surface area (Å²) in [7, 11) is -1.35. The molecule has 2 aliphatic rings. The van der Waals surface area contributed by atoms with E-state index in [1.54, 1.807) is 0 Å². The lowest BCUT2D eigenvalue weighted by molar-refractivity contribution is 0.488. The topological polar surface area (TPSA) is 12.0 Å². The maximum Gasteiger partial charge on any atom is 0.123 e. The minimum absolute atomic E-state index is 0.252. The second kappa shape index (κ2) is 4.40. The first kappa shape index (κ1) is 13.1. The molecule has 1 nitrogen and oxygen atoms in total. The second-order valence-electron chi connectivity index (χ2n) is 7.29. The summed E-state index contributed by atoms with van der Waals surface area (Å²) in [4.78, 5) is 3.95. The molecule has 17 heavy (non-hydrogen) atoms.